The summed E-state index contributed by atoms with van der Waals surface area (Å²) in [5, 5.41) is 6.33. The molecule has 0 unspecified atom stereocenters. The number of carbonyl (C=O) groups excluding carboxylic acids is 2. The minimum Gasteiger partial charge on any atom is -0.351 e. The van der Waals surface area contributed by atoms with E-state index in [2.05, 4.69) is 20.6 Å². The summed E-state index contributed by atoms with van der Waals surface area (Å²) in [4.78, 5) is 34.5. The Morgan fingerprint density at radius 1 is 1.15 bits per heavy atom. The van der Waals surface area contributed by atoms with Crippen LogP contribution in [0.1, 0.15) is 38.8 Å². The van der Waals surface area contributed by atoms with Gasteiger partial charge in [0.05, 0.1) is 11.6 Å². The zero-order chi connectivity index (χ0) is 18.6. The molecular weight excluding hydrogens is 360 g/mol. The zero-order valence-corrected chi connectivity index (χ0v) is 15.3. The first-order valence-electron chi connectivity index (χ1n) is 8.73. The van der Waals surface area contributed by atoms with Crippen molar-refractivity contribution in [3.05, 3.63) is 76.6 Å². The third-order valence-electron chi connectivity index (χ3n) is 4.48. The van der Waals surface area contributed by atoms with Crippen LogP contribution in [0.3, 0.4) is 0 Å². The molecule has 1 aliphatic rings. The smallest absolute Gasteiger partial charge is 0.257 e. The van der Waals surface area contributed by atoms with Gasteiger partial charge in [-0.05, 0) is 36.6 Å². The molecule has 2 aromatic heterocycles. The molecule has 0 radical (unpaired) electrons. The second-order valence-electron chi connectivity index (χ2n) is 6.32. The lowest BCUT2D eigenvalue weighted by Crippen LogP contribution is -2.28. The van der Waals surface area contributed by atoms with Crippen LogP contribution < -0.4 is 10.6 Å². The van der Waals surface area contributed by atoms with Crippen molar-refractivity contribution < 1.29 is 9.59 Å². The van der Waals surface area contributed by atoms with E-state index < -0.39 is 0 Å². The predicted molar refractivity (Wildman–Crippen MR) is 104 cm³/mol. The Hall–Kier alpha value is -3.06. The molecule has 0 bridgehead atoms. The normalized spacial score (nSPS) is 15.2. The number of thiazole rings is 1. The van der Waals surface area contributed by atoms with Crippen molar-refractivity contribution in [3.63, 3.8) is 0 Å². The average Bonchev–Trinajstić information content (AvgIpc) is 3.27. The molecule has 0 saturated heterocycles. The maximum atomic E-state index is 12.6. The number of benzene rings is 1. The number of fused-ring (bicyclic) bond motifs is 1. The van der Waals surface area contributed by atoms with E-state index in [1.165, 1.54) is 11.3 Å². The highest BCUT2D eigenvalue weighted by Crippen LogP contribution is 2.38. The highest BCUT2D eigenvalue weighted by Gasteiger charge is 2.32. The number of hydrogen-bond acceptors (Lipinski definition) is 5. The van der Waals surface area contributed by atoms with Gasteiger partial charge in [-0.3, -0.25) is 19.9 Å². The number of rotatable bonds is 5. The highest BCUT2D eigenvalue weighted by atomic mass is 32.1. The predicted octanol–water partition coefficient (Wildman–Crippen LogP) is 3.14. The van der Waals surface area contributed by atoms with Gasteiger partial charge in [0.1, 0.15) is 0 Å². The molecule has 136 valence electrons. The number of aryl methyl sites for hydroxylation is 1. The summed E-state index contributed by atoms with van der Waals surface area (Å²) in [6, 6.07) is 12.8. The maximum Gasteiger partial charge on any atom is 0.257 e. The highest BCUT2D eigenvalue weighted by molar-refractivity contribution is 7.16. The minimum atomic E-state index is -0.268. The van der Waals surface area contributed by atoms with E-state index in [-0.39, 0.29) is 17.7 Å². The standard InChI is InChI=1S/C20H18N4O2S/c25-18(14-6-2-1-3-7-14)24-20-23-17-15(8-9-16(17)27-20)19(26)22-12-13-5-4-10-21-11-13/h1-7,10-11,15H,8-9,12H2,(H,22,26)(H,23,24,25)/t15-/m1/s1. The molecule has 3 aromatic rings. The number of hydrogen-bond donors (Lipinski definition) is 2. The number of pyridine rings is 1. The Morgan fingerprint density at radius 2 is 2.00 bits per heavy atom. The van der Waals surface area contributed by atoms with E-state index in [1.807, 2.05) is 30.3 Å². The summed E-state index contributed by atoms with van der Waals surface area (Å²) < 4.78 is 0. The van der Waals surface area contributed by atoms with Gasteiger partial charge in [0.25, 0.3) is 5.91 Å². The van der Waals surface area contributed by atoms with Crippen LogP contribution in [0.25, 0.3) is 0 Å². The monoisotopic (exact) mass is 378 g/mol. The Kier molecular flexibility index (Phi) is 4.93. The Bertz CT molecular complexity index is 957. The SMILES string of the molecule is O=C(Nc1nc2c(s1)CC[C@H]2C(=O)NCc1cccnc1)c1ccccc1. The van der Waals surface area contributed by atoms with E-state index in [1.54, 1.807) is 24.5 Å². The summed E-state index contributed by atoms with van der Waals surface area (Å²) in [5.41, 5.74) is 2.32. The topological polar surface area (TPSA) is 84.0 Å². The van der Waals surface area contributed by atoms with Crippen molar-refractivity contribution in [2.45, 2.75) is 25.3 Å². The molecule has 7 heteroatoms. The van der Waals surface area contributed by atoms with Gasteiger partial charge in [0.15, 0.2) is 5.13 Å². The third kappa shape index (κ3) is 3.88. The van der Waals surface area contributed by atoms with Gasteiger partial charge >= 0.3 is 0 Å². The number of aromatic nitrogens is 2. The molecule has 1 atom stereocenters. The van der Waals surface area contributed by atoms with Crippen LogP contribution in [0.15, 0.2) is 54.9 Å². The van der Waals surface area contributed by atoms with Crippen LogP contribution >= 0.6 is 11.3 Å². The first-order chi connectivity index (χ1) is 13.2. The summed E-state index contributed by atoms with van der Waals surface area (Å²) in [6.07, 6.45) is 4.99. The van der Waals surface area contributed by atoms with Gasteiger partial charge < -0.3 is 5.32 Å². The van der Waals surface area contributed by atoms with Crippen molar-refractivity contribution >= 4 is 28.3 Å². The molecule has 0 fully saturated rings. The zero-order valence-electron chi connectivity index (χ0n) is 14.5. The van der Waals surface area contributed by atoms with E-state index in [0.717, 1.165) is 29.0 Å². The Morgan fingerprint density at radius 3 is 2.78 bits per heavy atom. The molecule has 4 rings (SSSR count). The van der Waals surface area contributed by atoms with Gasteiger partial charge in [-0.2, -0.15) is 0 Å². The third-order valence-corrected chi connectivity index (χ3v) is 5.53. The first kappa shape index (κ1) is 17.4. The summed E-state index contributed by atoms with van der Waals surface area (Å²) in [6.45, 7) is 0.445. The molecule has 1 aromatic carbocycles. The fourth-order valence-corrected chi connectivity index (χ4v) is 4.14. The van der Waals surface area contributed by atoms with Gasteiger partial charge in [-0.1, -0.05) is 24.3 Å². The Balaban J connectivity index is 1.41. The first-order valence-corrected chi connectivity index (χ1v) is 9.55. The van der Waals surface area contributed by atoms with Crippen LogP contribution in [-0.2, 0) is 17.8 Å². The molecule has 2 amide bonds. The van der Waals surface area contributed by atoms with Crippen LogP contribution in [0.5, 0.6) is 0 Å². The molecule has 6 nitrogen and oxygen atoms in total. The van der Waals surface area contributed by atoms with Crippen molar-refractivity contribution in [2.75, 3.05) is 5.32 Å². The number of amides is 2. The van der Waals surface area contributed by atoms with Crippen LogP contribution in [0.4, 0.5) is 5.13 Å². The molecule has 2 heterocycles. The largest absolute Gasteiger partial charge is 0.351 e. The van der Waals surface area contributed by atoms with Crippen molar-refractivity contribution in [3.8, 4) is 0 Å². The van der Waals surface area contributed by atoms with E-state index in [9.17, 15) is 9.59 Å². The lowest BCUT2D eigenvalue weighted by atomic mass is 10.1. The number of nitrogens with one attached hydrogen (secondary N) is 2. The van der Waals surface area contributed by atoms with Crippen LogP contribution in [0.2, 0.25) is 0 Å². The van der Waals surface area contributed by atoms with E-state index in [0.29, 0.717) is 17.2 Å². The lowest BCUT2D eigenvalue weighted by molar-refractivity contribution is -0.122. The summed E-state index contributed by atoms with van der Waals surface area (Å²) in [5.74, 6) is -0.500. The fraction of sp³-hybridized carbons (Fsp3) is 0.200. The molecule has 1 aliphatic carbocycles. The molecule has 2 N–H and O–H groups in total. The number of anilines is 1. The maximum absolute atomic E-state index is 12.6. The van der Waals surface area contributed by atoms with Crippen molar-refractivity contribution in [1.29, 1.82) is 0 Å². The number of nitrogens with zero attached hydrogens (tertiary/aromatic N) is 2. The molecule has 27 heavy (non-hydrogen) atoms. The van der Waals surface area contributed by atoms with E-state index >= 15 is 0 Å². The van der Waals surface area contributed by atoms with Gasteiger partial charge in [0.2, 0.25) is 5.91 Å². The summed E-state index contributed by atoms with van der Waals surface area (Å²) >= 11 is 1.45. The molecular formula is C20H18N4O2S. The molecule has 0 spiro atoms. The van der Waals surface area contributed by atoms with Crippen LogP contribution in [-0.4, -0.2) is 21.8 Å². The van der Waals surface area contributed by atoms with Gasteiger partial charge in [-0.15, -0.1) is 11.3 Å². The van der Waals surface area contributed by atoms with Crippen LogP contribution in [0, 0.1) is 0 Å². The molecule has 0 saturated carbocycles. The Labute approximate surface area is 160 Å². The number of carbonyl (C=O) groups is 2. The van der Waals surface area contributed by atoms with Crippen molar-refractivity contribution in [1.82, 2.24) is 15.3 Å². The van der Waals surface area contributed by atoms with Gasteiger partial charge in [-0.25, -0.2) is 4.98 Å². The second kappa shape index (κ2) is 7.67. The van der Waals surface area contributed by atoms with Crippen molar-refractivity contribution in [2.24, 2.45) is 0 Å². The quantitative estimate of drug-likeness (QED) is 0.714. The summed E-state index contributed by atoms with van der Waals surface area (Å²) in [7, 11) is 0. The lowest BCUT2D eigenvalue weighted by Gasteiger charge is -2.10. The molecule has 0 aliphatic heterocycles. The minimum absolute atomic E-state index is 0.0381. The average molecular weight is 378 g/mol. The second-order valence-corrected chi connectivity index (χ2v) is 7.40. The van der Waals surface area contributed by atoms with Gasteiger partial charge in [0, 0.05) is 29.4 Å². The fourth-order valence-electron chi connectivity index (χ4n) is 3.11. The van der Waals surface area contributed by atoms with E-state index in [4.69, 9.17) is 0 Å².